The van der Waals surface area contributed by atoms with E-state index in [4.69, 9.17) is 15.0 Å². The van der Waals surface area contributed by atoms with Gasteiger partial charge in [-0.15, -0.1) is 0 Å². The molecule has 3 aliphatic rings. The van der Waals surface area contributed by atoms with E-state index in [0.717, 1.165) is 54.6 Å². The van der Waals surface area contributed by atoms with Crippen molar-refractivity contribution in [1.82, 2.24) is 0 Å². The van der Waals surface area contributed by atoms with E-state index in [2.05, 4.69) is 116 Å². The number of fused-ring (bicyclic) bond motifs is 1. The van der Waals surface area contributed by atoms with Gasteiger partial charge in [0, 0.05) is 35.7 Å². The molecule has 0 amide bonds. The molecule has 2 fully saturated rings. The van der Waals surface area contributed by atoms with Crippen molar-refractivity contribution in [2.75, 3.05) is 20.5 Å². The molecule has 0 atom stereocenters. The average molecular weight is 883 g/mol. The van der Waals surface area contributed by atoms with Crippen molar-refractivity contribution in [2.24, 2.45) is 17.3 Å². The van der Waals surface area contributed by atoms with Gasteiger partial charge in [0.1, 0.15) is 11.5 Å². The van der Waals surface area contributed by atoms with Gasteiger partial charge in [-0.05, 0) is 138 Å². The number of sulfone groups is 1. The van der Waals surface area contributed by atoms with Gasteiger partial charge < -0.3 is 25.2 Å². The fourth-order valence-corrected chi connectivity index (χ4v) is 11.8. The summed E-state index contributed by atoms with van der Waals surface area (Å²) in [6.07, 6.45) is 13.1. The summed E-state index contributed by atoms with van der Waals surface area (Å²) in [4.78, 5) is 14.7. The first-order chi connectivity index (χ1) is 30.7. The van der Waals surface area contributed by atoms with Crippen LogP contribution in [0.2, 0.25) is 0 Å². The highest BCUT2D eigenvalue weighted by atomic mass is 32.2. The van der Waals surface area contributed by atoms with Crippen LogP contribution < -0.4 is 9.47 Å². The van der Waals surface area contributed by atoms with Gasteiger partial charge >= 0.3 is 5.71 Å². The number of aliphatic hydroxyl groups is 2. The van der Waals surface area contributed by atoms with E-state index in [1.807, 2.05) is 0 Å². The standard InChI is InChI=1S/C43H52O4.C11H8N2O3S.H2/c1-41(2,33-21-25-42(26-22-33,35-9-5-31(29-44)6-10-35)36-11-7-32(30-45)8-12-36)34-23-27-43(28-24-34,37-13-17-39(46-3)18-14-37)38-15-19-40(47-4)20-16-38;1-17(15,16)10-4-2-3-8-7(10)5-6-9(13-12)11(8)14;/h5-20,33-34,44-45H,21-30H2,1-4H3;2-6H,1H3;1H. The summed E-state index contributed by atoms with van der Waals surface area (Å²) in [6.45, 7) is 5.23. The lowest BCUT2D eigenvalue weighted by molar-refractivity contribution is -0.00436. The fourth-order valence-electron chi connectivity index (χ4n) is 10.9. The molecule has 9 nitrogen and oxygen atoms in total. The second-order valence-electron chi connectivity index (χ2n) is 18.3. The van der Waals surface area contributed by atoms with Crippen molar-refractivity contribution in [1.29, 1.82) is 0 Å². The van der Waals surface area contributed by atoms with E-state index >= 15 is 0 Å². The number of Topliss-reactive ketones (excluding diaryl/α,β-unsaturated/α-hetero) is 1. The summed E-state index contributed by atoms with van der Waals surface area (Å²) in [6, 6.07) is 39.2. The zero-order valence-corrected chi connectivity index (χ0v) is 38.4. The summed E-state index contributed by atoms with van der Waals surface area (Å²) in [5, 5.41) is 19.4. The summed E-state index contributed by atoms with van der Waals surface area (Å²) in [5.74, 6) is 2.63. The largest absolute Gasteiger partial charge is 0.497 e. The lowest BCUT2D eigenvalue weighted by atomic mass is 9.53. The third-order valence-corrected chi connectivity index (χ3v) is 16.1. The number of allylic oxidation sites excluding steroid dienone is 1. The van der Waals surface area contributed by atoms with Crippen LogP contribution >= 0.6 is 0 Å². The van der Waals surface area contributed by atoms with Crippen molar-refractivity contribution < 1.29 is 39.1 Å². The van der Waals surface area contributed by atoms with E-state index in [1.165, 1.54) is 78.3 Å². The van der Waals surface area contributed by atoms with Gasteiger partial charge in [0.25, 0.3) is 5.78 Å². The number of nitrogens with zero attached hydrogens (tertiary/aromatic N) is 2. The van der Waals surface area contributed by atoms with Gasteiger partial charge in [-0.3, -0.25) is 4.79 Å². The van der Waals surface area contributed by atoms with E-state index in [-0.39, 0.29) is 47.1 Å². The van der Waals surface area contributed by atoms with Gasteiger partial charge in [-0.25, -0.2) is 8.42 Å². The predicted molar refractivity (Wildman–Crippen MR) is 254 cm³/mol. The number of aliphatic hydroxyl groups excluding tert-OH is 2. The first kappa shape index (κ1) is 46.4. The second kappa shape index (κ2) is 19.2. The van der Waals surface area contributed by atoms with Crippen LogP contribution in [0, 0.1) is 17.3 Å². The number of carbonyl (C=O) groups is 1. The van der Waals surface area contributed by atoms with Gasteiger partial charge in [-0.2, -0.15) is 4.79 Å². The average Bonchev–Trinajstić information content (AvgIpc) is 3.34. The second-order valence-corrected chi connectivity index (χ2v) is 20.3. The van der Waals surface area contributed by atoms with Crippen LogP contribution in [0.25, 0.3) is 11.6 Å². The summed E-state index contributed by atoms with van der Waals surface area (Å²) >= 11 is 0. The molecule has 0 bridgehead atoms. The molecule has 2 saturated carbocycles. The van der Waals surface area contributed by atoms with Crippen LogP contribution in [0.4, 0.5) is 0 Å². The Morgan fingerprint density at radius 3 is 1.39 bits per heavy atom. The predicted octanol–water partition coefficient (Wildman–Crippen LogP) is 10.6. The number of carbonyl (C=O) groups excluding carboxylic acids is 1. The van der Waals surface area contributed by atoms with Crippen LogP contribution in [0.15, 0.2) is 126 Å². The van der Waals surface area contributed by atoms with Crippen LogP contribution in [0.3, 0.4) is 0 Å². The highest BCUT2D eigenvalue weighted by Gasteiger charge is 2.48. The minimum Gasteiger partial charge on any atom is -0.497 e. The van der Waals surface area contributed by atoms with E-state index in [1.54, 1.807) is 14.2 Å². The maximum atomic E-state index is 11.8. The Hall–Kier alpha value is -5.64. The number of rotatable bonds is 11. The zero-order chi connectivity index (χ0) is 45.7. The molecule has 10 heteroatoms. The number of hydrogen-bond donors (Lipinski definition) is 2. The molecule has 3 aliphatic carbocycles. The molecule has 2 N–H and O–H groups in total. The van der Waals surface area contributed by atoms with E-state index in [0.29, 0.717) is 17.4 Å². The first-order valence-electron chi connectivity index (χ1n) is 22.2. The molecule has 336 valence electrons. The number of hydrogen-bond acceptors (Lipinski definition) is 7. The quantitative estimate of drug-likeness (QED) is 0.0992. The minimum absolute atomic E-state index is 0. The molecule has 0 aliphatic heterocycles. The van der Waals surface area contributed by atoms with Crippen molar-refractivity contribution >= 4 is 27.4 Å². The Balaban J connectivity index is 0.000000326. The van der Waals surface area contributed by atoms with Crippen LogP contribution in [0.1, 0.15) is 116 Å². The van der Waals surface area contributed by atoms with E-state index < -0.39 is 15.6 Å². The maximum Gasteiger partial charge on any atom is 0.362 e. The smallest absolute Gasteiger partial charge is 0.362 e. The van der Waals surface area contributed by atoms with Gasteiger partial charge in [0.2, 0.25) is 0 Å². The maximum absolute atomic E-state index is 11.8. The molecule has 0 unspecified atom stereocenters. The normalized spacial score (nSPS) is 17.4. The Morgan fingerprint density at radius 1 is 0.656 bits per heavy atom. The molecule has 64 heavy (non-hydrogen) atoms. The van der Waals surface area contributed by atoms with Crippen molar-refractivity contribution in [2.45, 2.75) is 94.2 Å². The highest BCUT2D eigenvalue weighted by molar-refractivity contribution is 7.90. The lowest BCUT2D eigenvalue weighted by Gasteiger charge is -2.51. The molecule has 0 aromatic heterocycles. The minimum atomic E-state index is -3.40. The van der Waals surface area contributed by atoms with Crippen molar-refractivity contribution in [3.05, 3.63) is 171 Å². The van der Waals surface area contributed by atoms with Crippen molar-refractivity contribution in [3.8, 4) is 11.5 Å². The molecule has 8 rings (SSSR count). The fraction of sp³-hybridized carbons (Fsp3) is 0.370. The summed E-state index contributed by atoms with van der Waals surface area (Å²) in [7, 11) is 0.0678. The molecule has 5 aromatic rings. The number of ketones is 1. The Bertz CT molecular complexity index is 2400. The number of methoxy groups -OCH3 is 2. The molecular formula is C54H62N2O7S. The Labute approximate surface area is 379 Å². The summed E-state index contributed by atoms with van der Waals surface area (Å²) < 4.78 is 34.1. The topological polar surface area (TPSA) is 147 Å². The molecular weight excluding hydrogens is 821 g/mol. The molecule has 0 radical (unpaired) electrons. The number of ether oxygens (including phenoxy) is 2. The van der Waals surface area contributed by atoms with Crippen molar-refractivity contribution in [3.63, 3.8) is 0 Å². The third kappa shape index (κ3) is 9.15. The van der Waals surface area contributed by atoms with Gasteiger partial charge in [0.15, 0.2) is 9.84 Å². The highest BCUT2D eigenvalue weighted by Crippen LogP contribution is 2.57. The van der Waals surface area contributed by atoms with Gasteiger partial charge in [0.05, 0.1) is 32.3 Å². The summed E-state index contributed by atoms with van der Waals surface area (Å²) in [5.41, 5.74) is 16.6. The molecule has 0 saturated heterocycles. The zero-order valence-electron chi connectivity index (χ0n) is 37.6. The lowest BCUT2D eigenvalue weighted by Crippen LogP contribution is -2.43. The van der Waals surface area contributed by atoms with Crippen LogP contribution in [-0.2, 0) is 33.9 Å². The molecule has 0 spiro atoms. The van der Waals surface area contributed by atoms with Crippen LogP contribution in [-0.4, -0.2) is 55.4 Å². The van der Waals surface area contributed by atoms with Gasteiger partial charge in [-0.1, -0.05) is 98.8 Å². The number of benzene rings is 5. The Morgan fingerprint density at radius 2 is 1.05 bits per heavy atom. The van der Waals surface area contributed by atoms with Crippen LogP contribution in [0.5, 0.6) is 11.5 Å². The first-order valence-corrected chi connectivity index (χ1v) is 24.1. The molecule has 0 heterocycles. The SMILES string of the molecule is COc1ccc(C2(c3ccc(OC)cc3)CCC(C(C)(C)C3CCC(c4ccc(CO)cc4)(c4ccc(CO)cc4)CC3)CC2)cc1.CS(=O)(=O)c1cccc2c1C=CC(=[N+]=[N-])C2=O.[HH]. The third-order valence-electron chi connectivity index (χ3n) is 14.9. The van der Waals surface area contributed by atoms with E-state index in [9.17, 15) is 23.4 Å². The molecule has 5 aromatic carbocycles. The Kier molecular flexibility index (Phi) is 13.9. The monoisotopic (exact) mass is 882 g/mol.